The van der Waals surface area contributed by atoms with E-state index in [0.29, 0.717) is 23.7 Å². The molecule has 0 saturated heterocycles. The monoisotopic (exact) mass is 384 g/mol. The van der Waals surface area contributed by atoms with Crippen LogP contribution in [0.1, 0.15) is 103 Å². The second-order valence-corrected chi connectivity index (χ2v) is 12.2. The van der Waals surface area contributed by atoms with E-state index in [1.54, 1.807) is 0 Å². The van der Waals surface area contributed by atoms with Crippen LogP contribution in [0.25, 0.3) is 0 Å². The molecule has 0 aromatic carbocycles. The first-order valence-electron chi connectivity index (χ1n) is 11.2. The molecule has 0 rings (SSSR count). The van der Waals surface area contributed by atoms with Crippen molar-refractivity contribution >= 4 is 0 Å². The minimum Gasteiger partial charge on any atom is -0.390 e. The lowest BCUT2D eigenvalue weighted by Gasteiger charge is -2.55. The minimum atomic E-state index is -0.781. The molecule has 0 saturated carbocycles. The molecule has 0 amide bonds. The molecule has 0 aliphatic heterocycles. The fourth-order valence-electron chi connectivity index (χ4n) is 5.35. The van der Waals surface area contributed by atoms with Gasteiger partial charge in [0.2, 0.25) is 0 Å². The zero-order chi connectivity index (χ0) is 22.2. The summed E-state index contributed by atoms with van der Waals surface area (Å²) in [6.45, 7) is 30.6. The van der Waals surface area contributed by atoms with Crippen LogP contribution in [0.3, 0.4) is 0 Å². The number of hydrogen-bond donors (Lipinski definition) is 2. The molecule has 0 aromatic heterocycles. The fourth-order valence-corrected chi connectivity index (χ4v) is 5.35. The minimum absolute atomic E-state index is 0.258. The van der Waals surface area contributed by atoms with Gasteiger partial charge in [-0.2, -0.15) is 0 Å². The highest BCUT2D eigenvalue weighted by atomic mass is 16.3. The van der Waals surface area contributed by atoms with Crippen LogP contribution in [-0.2, 0) is 0 Å². The molecule has 164 valence electrons. The van der Waals surface area contributed by atoms with Crippen LogP contribution < -0.4 is 0 Å². The lowest BCUT2D eigenvalue weighted by Crippen LogP contribution is -2.56. The van der Waals surface area contributed by atoms with Crippen LogP contribution >= 0.6 is 0 Å². The zero-order valence-corrected chi connectivity index (χ0v) is 21.1. The largest absolute Gasteiger partial charge is 0.390 e. The molecule has 0 aromatic rings. The van der Waals surface area contributed by atoms with Crippen LogP contribution in [0, 0.1) is 46.3 Å². The van der Waals surface area contributed by atoms with Crippen molar-refractivity contribution < 1.29 is 10.2 Å². The lowest BCUT2D eigenvalue weighted by atomic mass is 9.52. The summed E-state index contributed by atoms with van der Waals surface area (Å²) in [7, 11) is 0. The molecule has 2 N–H and O–H groups in total. The Labute approximate surface area is 171 Å². The van der Waals surface area contributed by atoms with Gasteiger partial charge < -0.3 is 10.2 Å². The van der Waals surface area contributed by atoms with Crippen molar-refractivity contribution in [3.8, 4) is 0 Å². The van der Waals surface area contributed by atoms with E-state index in [4.69, 9.17) is 0 Å². The first-order chi connectivity index (χ1) is 11.7. The first kappa shape index (κ1) is 26.9. The van der Waals surface area contributed by atoms with Gasteiger partial charge in [0, 0.05) is 0 Å². The smallest absolute Gasteiger partial charge is 0.0675 e. The van der Waals surface area contributed by atoms with Gasteiger partial charge in [0.05, 0.1) is 11.2 Å². The molecule has 3 atom stereocenters. The SMILES string of the molecule is CC(C)C(CC(C)(O)C(C)(C)C(C)C(C(C)C)C(C)(C)C(C)(C)O)C(C)C. The van der Waals surface area contributed by atoms with Crippen molar-refractivity contribution in [2.45, 2.75) is 115 Å². The van der Waals surface area contributed by atoms with Crippen molar-refractivity contribution in [2.24, 2.45) is 46.3 Å². The van der Waals surface area contributed by atoms with E-state index in [1.807, 2.05) is 20.8 Å². The maximum atomic E-state index is 11.7. The van der Waals surface area contributed by atoms with Gasteiger partial charge in [0.15, 0.2) is 0 Å². The second-order valence-electron chi connectivity index (χ2n) is 12.2. The maximum Gasteiger partial charge on any atom is 0.0675 e. The highest BCUT2D eigenvalue weighted by Gasteiger charge is 2.53. The van der Waals surface area contributed by atoms with Crippen LogP contribution in [0.5, 0.6) is 0 Å². The van der Waals surface area contributed by atoms with E-state index in [0.717, 1.165) is 6.42 Å². The van der Waals surface area contributed by atoms with Crippen molar-refractivity contribution in [3.05, 3.63) is 0 Å². The third-order valence-electron chi connectivity index (χ3n) is 8.54. The van der Waals surface area contributed by atoms with Gasteiger partial charge in [-0.25, -0.2) is 0 Å². The second kappa shape index (κ2) is 8.74. The third-order valence-corrected chi connectivity index (χ3v) is 8.54. The van der Waals surface area contributed by atoms with Gasteiger partial charge in [0.1, 0.15) is 0 Å². The average molecular weight is 385 g/mol. The van der Waals surface area contributed by atoms with Crippen molar-refractivity contribution in [1.29, 1.82) is 0 Å². The summed E-state index contributed by atoms with van der Waals surface area (Å²) >= 11 is 0. The van der Waals surface area contributed by atoms with E-state index >= 15 is 0 Å². The Morgan fingerprint density at radius 1 is 0.593 bits per heavy atom. The number of hydrogen-bond acceptors (Lipinski definition) is 2. The van der Waals surface area contributed by atoms with Crippen LogP contribution in [-0.4, -0.2) is 21.4 Å². The molecular formula is C25H52O2. The summed E-state index contributed by atoms with van der Waals surface area (Å²) < 4.78 is 0. The molecule has 0 fully saturated rings. The standard InChI is InChI=1S/C25H52O2/c1-16(2)20(17(3)4)15-25(14,27)22(8,9)19(7)21(18(5)6)23(10,11)24(12,13)26/h16-21,26-27H,15H2,1-14H3. The Bertz CT molecular complexity index is 441. The Morgan fingerprint density at radius 3 is 1.22 bits per heavy atom. The van der Waals surface area contributed by atoms with Gasteiger partial charge in [0.25, 0.3) is 0 Å². The fraction of sp³-hybridized carbons (Fsp3) is 1.00. The van der Waals surface area contributed by atoms with E-state index in [2.05, 4.69) is 76.2 Å². The average Bonchev–Trinajstić information content (AvgIpc) is 2.41. The Morgan fingerprint density at radius 2 is 0.963 bits per heavy atom. The Kier molecular flexibility index (Phi) is 8.71. The number of rotatable bonds is 10. The summed E-state index contributed by atoms with van der Waals surface area (Å²) in [6, 6.07) is 0. The molecule has 0 spiro atoms. The van der Waals surface area contributed by atoms with Crippen LogP contribution in [0.4, 0.5) is 0 Å². The third kappa shape index (κ3) is 5.72. The molecule has 2 nitrogen and oxygen atoms in total. The number of aliphatic hydroxyl groups is 2. The van der Waals surface area contributed by atoms with E-state index < -0.39 is 11.2 Å². The van der Waals surface area contributed by atoms with Crippen LogP contribution in [0.15, 0.2) is 0 Å². The van der Waals surface area contributed by atoms with Gasteiger partial charge in [-0.05, 0) is 73.5 Å². The van der Waals surface area contributed by atoms with Gasteiger partial charge in [-0.3, -0.25) is 0 Å². The van der Waals surface area contributed by atoms with Crippen molar-refractivity contribution in [3.63, 3.8) is 0 Å². The predicted octanol–water partition coefficient (Wildman–Crippen LogP) is 6.79. The first-order valence-corrected chi connectivity index (χ1v) is 11.2. The summed E-state index contributed by atoms with van der Waals surface area (Å²) in [6.07, 6.45) is 0.813. The normalized spacial score (nSPS) is 19.1. The molecular weight excluding hydrogens is 332 g/mol. The lowest BCUT2D eigenvalue weighted by molar-refractivity contribution is -0.156. The molecule has 0 heterocycles. The topological polar surface area (TPSA) is 40.5 Å². The zero-order valence-electron chi connectivity index (χ0n) is 21.1. The van der Waals surface area contributed by atoms with Crippen molar-refractivity contribution in [2.75, 3.05) is 0 Å². The van der Waals surface area contributed by atoms with Gasteiger partial charge in [-0.1, -0.05) is 76.2 Å². The van der Waals surface area contributed by atoms with E-state index in [1.165, 1.54) is 0 Å². The van der Waals surface area contributed by atoms with Crippen LogP contribution in [0.2, 0.25) is 0 Å². The Balaban J connectivity index is 6.00. The molecule has 3 unspecified atom stereocenters. The molecule has 0 aliphatic rings. The maximum absolute atomic E-state index is 11.7. The summed E-state index contributed by atoms with van der Waals surface area (Å²) in [4.78, 5) is 0. The van der Waals surface area contributed by atoms with Crippen molar-refractivity contribution in [1.82, 2.24) is 0 Å². The highest BCUT2D eigenvalue weighted by Crippen LogP contribution is 2.54. The molecule has 0 aliphatic carbocycles. The summed E-state index contributed by atoms with van der Waals surface area (Å²) in [5.74, 6) is 2.56. The molecule has 2 heteroatoms. The Hall–Kier alpha value is -0.0800. The molecule has 0 radical (unpaired) electrons. The van der Waals surface area contributed by atoms with Gasteiger partial charge >= 0.3 is 0 Å². The quantitative estimate of drug-likeness (QED) is 0.435. The van der Waals surface area contributed by atoms with E-state index in [9.17, 15) is 10.2 Å². The molecule has 0 bridgehead atoms. The predicted molar refractivity (Wildman–Crippen MR) is 120 cm³/mol. The van der Waals surface area contributed by atoms with E-state index in [-0.39, 0.29) is 22.7 Å². The summed E-state index contributed by atoms with van der Waals surface area (Å²) in [5.41, 5.74) is -2.08. The summed E-state index contributed by atoms with van der Waals surface area (Å²) in [5, 5.41) is 22.6. The highest BCUT2D eigenvalue weighted by molar-refractivity contribution is 5.02. The van der Waals surface area contributed by atoms with Gasteiger partial charge in [-0.15, -0.1) is 0 Å². The molecule has 27 heavy (non-hydrogen) atoms.